The van der Waals surface area contributed by atoms with Crippen LogP contribution in [0.3, 0.4) is 0 Å². The molecule has 7 nitrogen and oxygen atoms in total. The molecular weight excluding hydrogens is 356 g/mol. The number of hydrogen-bond acceptors (Lipinski definition) is 6. The lowest BCUT2D eigenvalue weighted by atomic mass is 9.97. The number of nitrogens with zero attached hydrogens (tertiary/aromatic N) is 2. The third-order valence-electron chi connectivity index (χ3n) is 4.59. The van der Waals surface area contributed by atoms with Crippen molar-refractivity contribution >= 4 is 23.5 Å². The second-order valence-corrected chi connectivity index (χ2v) is 6.60. The lowest BCUT2D eigenvalue weighted by Gasteiger charge is -2.12. The predicted octanol–water partition coefficient (Wildman–Crippen LogP) is 3.82. The first-order valence-corrected chi connectivity index (χ1v) is 9.39. The third kappa shape index (κ3) is 5.39. The van der Waals surface area contributed by atoms with Gasteiger partial charge in [-0.2, -0.15) is 0 Å². The highest BCUT2D eigenvalue weighted by atomic mass is 16.5. The molecular formula is C21H24N4O3. The van der Waals surface area contributed by atoms with E-state index in [1.807, 2.05) is 0 Å². The molecule has 7 heteroatoms. The van der Waals surface area contributed by atoms with Gasteiger partial charge in [0.15, 0.2) is 0 Å². The zero-order valence-electron chi connectivity index (χ0n) is 15.9. The first-order chi connectivity index (χ1) is 13.7. The Labute approximate surface area is 164 Å². The molecule has 0 bridgehead atoms. The van der Waals surface area contributed by atoms with Crippen LogP contribution < -0.4 is 10.6 Å². The van der Waals surface area contributed by atoms with Gasteiger partial charge in [-0.25, -0.2) is 14.8 Å². The SMILES string of the molecule is COC(=O)c1ccc(NC(=O)c2cnc(NCCC3=CCCCC3)nc2)cc1. The number of ether oxygens (including phenoxy) is 1. The van der Waals surface area contributed by atoms with Gasteiger partial charge in [0.25, 0.3) is 5.91 Å². The molecule has 0 radical (unpaired) electrons. The maximum Gasteiger partial charge on any atom is 0.337 e. The molecule has 1 amide bonds. The molecule has 0 saturated carbocycles. The molecule has 1 aliphatic carbocycles. The zero-order valence-corrected chi connectivity index (χ0v) is 15.9. The predicted molar refractivity (Wildman–Crippen MR) is 107 cm³/mol. The number of carbonyl (C=O) groups is 2. The summed E-state index contributed by atoms with van der Waals surface area (Å²) in [7, 11) is 1.32. The van der Waals surface area contributed by atoms with Crippen LogP contribution in [0.1, 0.15) is 52.8 Å². The monoisotopic (exact) mass is 380 g/mol. The molecule has 0 aliphatic heterocycles. The molecule has 2 N–H and O–H groups in total. The van der Waals surface area contributed by atoms with Gasteiger partial charge in [0.05, 0.1) is 18.2 Å². The Morgan fingerprint density at radius 3 is 2.46 bits per heavy atom. The molecule has 0 spiro atoms. The summed E-state index contributed by atoms with van der Waals surface area (Å²) in [6.07, 6.45) is 11.2. The van der Waals surface area contributed by atoms with Crippen molar-refractivity contribution in [1.82, 2.24) is 9.97 Å². The van der Waals surface area contributed by atoms with E-state index in [0.29, 0.717) is 22.8 Å². The van der Waals surface area contributed by atoms with Crippen LogP contribution in [-0.2, 0) is 4.74 Å². The summed E-state index contributed by atoms with van der Waals surface area (Å²) in [5.41, 5.74) is 2.84. The number of esters is 1. The van der Waals surface area contributed by atoms with Crippen LogP contribution in [0.4, 0.5) is 11.6 Å². The topological polar surface area (TPSA) is 93.2 Å². The molecule has 0 unspecified atom stereocenters. The van der Waals surface area contributed by atoms with E-state index < -0.39 is 5.97 Å². The van der Waals surface area contributed by atoms with Crippen molar-refractivity contribution in [2.75, 3.05) is 24.3 Å². The van der Waals surface area contributed by atoms with Crippen molar-refractivity contribution in [2.45, 2.75) is 32.1 Å². The van der Waals surface area contributed by atoms with Crippen LogP contribution in [0, 0.1) is 0 Å². The second-order valence-electron chi connectivity index (χ2n) is 6.60. The number of hydrogen-bond donors (Lipinski definition) is 2. The molecule has 0 atom stereocenters. The average Bonchev–Trinajstić information content (AvgIpc) is 2.75. The highest BCUT2D eigenvalue weighted by Crippen LogP contribution is 2.19. The molecule has 146 valence electrons. The van der Waals surface area contributed by atoms with Crippen molar-refractivity contribution in [3.05, 3.63) is 59.4 Å². The summed E-state index contributed by atoms with van der Waals surface area (Å²) in [6, 6.07) is 6.46. The molecule has 3 rings (SSSR count). The number of allylic oxidation sites excluding steroid dienone is 1. The third-order valence-corrected chi connectivity index (χ3v) is 4.59. The Balaban J connectivity index is 1.50. The summed E-state index contributed by atoms with van der Waals surface area (Å²) in [6.45, 7) is 0.782. The minimum atomic E-state index is -0.422. The normalized spacial score (nSPS) is 13.4. The fourth-order valence-corrected chi connectivity index (χ4v) is 3.01. The average molecular weight is 380 g/mol. The minimum absolute atomic E-state index is 0.315. The first kappa shape index (κ1) is 19.5. The molecule has 1 aromatic carbocycles. The summed E-state index contributed by atoms with van der Waals surface area (Å²) >= 11 is 0. The lowest BCUT2D eigenvalue weighted by molar-refractivity contribution is 0.0600. The quantitative estimate of drug-likeness (QED) is 0.560. The van der Waals surface area contributed by atoms with E-state index >= 15 is 0 Å². The van der Waals surface area contributed by atoms with Crippen LogP contribution in [0.15, 0.2) is 48.3 Å². The molecule has 1 aromatic heterocycles. The van der Waals surface area contributed by atoms with Crippen LogP contribution in [0.5, 0.6) is 0 Å². The van der Waals surface area contributed by atoms with Crippen molar-refractivity contribution < 1.29 is 14.3 Å². The van der Waals surface area contributed by atoms with Crippen molar-refractivity contribution in [3.63, 3.8) is 0 Å². The number of methoxy groups -OCH3 is 1. The molecule has 0 fully saturated rings. The van der Waals surface area contributed by atoms with Gasteiger partial charge in [0.2, 0.25) is 5.95 Å². The van der Waals surface area contributed by atoms with E-state index in [0.717, 1.165) is 13.0 Å². The van der Waals surface area contributed by atoms with Crippen molar-refractivity contribution in [2.24, 2.45) is 0 Å². The number of nitrogens with one attached hydrogen (secondary N) is 2. The number of carbonyl (C=O) groups excluding carboxylic acids is 2. The fraction of sp³-hybridized carbons (Fsp3) is 0.333. The summed E-state index contributed by atoms with van der Waals surface area (Å²) in [4.78, 5) is 32.2. The zero-order chi connectivity index (χ0) is 19.8. The lowest BCUT2D eigenvalue weighted by Crippen LogP contribution is -2.14. The summed E-state index contributed by atoms with van der Waals surface area (Å²) < 4.78 is 4.65. The molecule has 1 heterocycles. The van der Waals surface area contributed by atoms with Crippen LogP contribution in [-0.4, -0.2) is 35.5 Å². The molecule has 1 aliphatic rings. The van der Waals surface area contributed by atoms with E-state index in [1.165, 1.54) is 50.8 Å². The Hall–Kier alpha value is -3.22. The van der Waals surface area contributed by atoms with E-state index in [2.05, 4.69) is 31.4 Å². The smallest absolute Gasteiger partial charge is 0.337 e. The minimum Gasteiger partial charge on any atom is -0.465 e. The Kier molecular flexibility index (Phi) is 6.73. The van der Waals surface area contributed by atoms with Crippen molar-refractivity contribution in [3.8, 4) is 0 Å². The Bertz CT molecular complexity index is 845. The summed E-state index contributed by atoms with van der Waals surface area (Å²) in [5.74, 6) is -0.228. The fourth-order valence-electron chi connectivity index (χ4n) is 3.01. The van der Waals surface area contributed by atoms with Gasteiger partial charge in [0, 0.05) is 24.6 Å². The van der Waals surface area contributed by atoms with E-state index in [1.54, 1.807) is 24.3 Å². The Morgan fingerprint density at radius 1 is 1.07 bits per heavy atom. The van der Waals surface area contributed by atoms with Gasteiger partial charge < -0.3 is 15.4 Å². The van der Waals surface area contributed by atoms with Gasteiger partial charge in [-0.15, -0.1) is 0 Å². The van der Waals surface area contributed by atoms with Gasteiger partial charge in [-0.1, -0.05) is 11.6 Å². The second kappa shape index (κ2) is 9.64. The van der Waals surface area contributed by atoms with Crippen LogP contribution >= 0.6 is 0 Å². The van der Waals surface area contributed by atoms with E-state index in [-0.39, 0.29) is 5.91 Å². The molecule has 28 heavy (non-hydrogen) atoms. The maximum atomic E-state index is 12.3. The van der Waals surface area contributed by atoms with Gasteiger partial charge in [-0.05, 0) is 56.4 Å². The summed E-state index contributed by atoms with van der Waals surface area (Å²) in [5, 5.41) is 5.94. The highest BCUT2D eigenvalue weighted by molar-refractivity contribution is 6.04. The first-order valence-electron chi connectivity index (χ1n) is 9.39. The van der Waals surface area contributed by atoms with E-state index in [9.17, 15) is 9.59 Å². The number of rotatable bonds is 7. The number of amides is 1. The maximum absolute atomic E-state index is 12.3. The van der Waals surface area contributed by atoms with Gasteiger partial charge >= 0.3 is 5.97 Å². The molecule has 0 saturated heterocycles. The number of aromatic nitrogens is 2. The number of benzene rings is 1. The standard InChI is InChI=1S/C21H24N4O3/c1-28-20(27)16-7-9-18(10-8-16)25-19(26)17-13-23-21(24-14-17)22-12-11-15-5-3-2-4-6-15/h5,7-10,13-14H,2-4,6,11-12H2,1H3,(H,25,26)(H,22,23,24). The van der Waals surface area contributed by atoms with Gasteiger partial charge in [-0.3, -0.25) is 4.79 Å². The largest absolute Gasteiger partial charge is 0.465 e. The van der Waals surface area contributed by atoms with Crippen molar-refractivity contribution in [1.29, 1.82) is 0 Å². The van der Waals surface area contributed by atoms with Gasteiger partial charge in [0.1, 0.15) is 0 Å². The highest BCUT2D eigenvalue weighted by Gasteiger charge is 2.10. The number of anilines is 2. The van der Waals surface area contributed by atoms with Crippen LogP contribution in [0.2, 0.25) is 0 Å². The Morgan fingerprint density at radius 2 is 1.82 bits per heavy atom. The molecule has 2 aromatic rings. The van der Waals surface area contributed by atoms with Crippen LogP contribution in [0.25, 0.3) is 0 Å². The van der Waals surface area contributed by atoms with E-state index in [4.69, 9.17) is 0 Å².